The Morgan fingerprint density at radius 3 is 2.13 bits per heavy atom. The number of fused-ring (bicyclic) bond motifs is 1. The standard InChI is InChI=1S/C43H38F8N4O6/c1-41(2,39(58)60-61-40(59)43(49,50)51)53-21-19-29(20-22-53)54(24-26-15-17-30(27-9-4-3-5-10-27)32(23-26)42(46,47)48)36(56)25-55-34-14-7-6-12-31(34)38(57)52-35(55)18-16-28-11-8-13-33(44)37(28)45/h3-15,17,23,29H,16,18-22,24-25H2,1-2H3. The van der Waals surface area contributed by atoms with Crippen LogP contribution in [0.5, 0.6) is 0 Å². The van der Waals surface area contributed by atoms with Crippen molar-refractivity contribution in [3.63, 3.8) is 0 Å². The van der Waals surface area contributed by atoms with Crippen molar-refractivity contribution in [3.8, 4) is 11.1 Å². The Morgan fingerprint density at radius 1 is 0.803 bits per heavy atom. The first kappa shape index (κ1) is 44.4. The Morgan fingerprint density at radius 2 is 1.46 bits per heavy atom. The molecule has 0 bridgehead atoms. The van der Waals surface area contributed by atoms with Gasteiger partial charge in [-0.15, -0.1) is 0 Å². The number of benzene rings is 4. The molecule has 61 heavy (non-hydrogen) atoms. The normalized spacial score (nSPS) is 14.2. The molecule has 1 fully saturated rings. The molecule has 0 N–H and O–H groups in total. The van der Waals surface area contributed by atoms with Crippen molar-refractivity contribution >= 4 is 28.7 Å². The van der Waals surface area contributed by atoms with Crippen LogP contribution in [0.2, 0.25) is 0 Å². The minimum absolute atomic E-state index is 0.00147. The van der Waals surface area contributed by atoms with E-state index in [0.717, 1.165) is 12.1 Å². The number of para-hydroxylation sites is 1. The van der Waals surface area contributed by atoms with Gasteiger partial charge in [0.15, 0.2) is 11.6 Å². The number of piperidine rings is 1. The monoisotopic (exact) mass is 858 g/mol. The van der Waals surface area contributed by atoms with Crippen molar-refractivity contribution in [3.05, 3.63) is 135 Å². The van der Waals surface area contributed by atoms with Gasteiger partial charge in [-0.3, -0.25) is 14.5 Å². The summed E-state index contributed by atoms with van der Waals surface area (Å²) in [4.78, 5) is 66.9. The summed E-state index contributed by atoms with van der Waals surface area (Å²) < 4.78 is 112. The summed E-state index contributed by atoms with van der Waals surface area (Å²) in [6, 6.07) is 21.0. The second kappa shape index (κ2) is 17.8. The van der Waals surface area contributed by atoms with E-state index in [1.807, 2.05) is 0 Å². The number of carbonyl (C=O) groups is 3. The highest BCUT2D eigenvalue weighted by Gasteiger charge is 2.46. The van der Waals surface area contributed by atoms with E-state index in [1.165, 1.54) is 70.7 Å². The van der Waals surface area contributed by atoms with E-state index in [-0.39, 0.29) is 73.2 Å². The summed E-state index contributed by atoms with van der Waals surface area (Å²) in [5, 5.41) is 0.150. The largest absolute Gasteiger partial charge is 0.495 e. The van der Waals surface area contributed by atoms with E-state index in [2.05, 4.69) is 14.8 Å². The summed E-state index contributed by atoms with van der Waals surface area (Å²) >= 11 is 0. The van der Waals surface area contributed by atoms with E-state index in [1.54, 1.807) is 36.4 Å². The average molecular weight is 859 g/mol. The van der Waals surface area contributed by atoms with Gasteiger partial charge in [-0.1, -0.05) is 66.7 Å². The lowest BCUT2D eigenvalue weighted by molar-refractivity contribution is -0.290. The highest BCUT2D eigenvalue weighted by atomic mass is 19.4. The molecule has 18 heteroatoms. The zero-order valence-corrected chi connectivity index (χ0v) is 32.7. The van der Waals surface area contributed by atoms with Crippen LogP contribution in [0, 0.1) is 11.6 Å². The third kappa shape index (κ3) is 10.1. The molecule has 1 aliphatic heterocycles. The summed E-state index contributed by atoms with van der Waals surface area (Å²) in [5.41, 5.74) is -2.54. The minimum atomic E-state index is -5.42. The molecule has 2 heterocycles. The van der Waals surface area contributed by atoms with Gasteiger partial charge >= 0.3 is 24.3 Å². The number of rotatable bonds is 11. The highest BCUT2D eigenvalue weighted by Crippen LogP contribution is 2.38. The number of hydrogen-bond donors (Lipinski definition) is 0. The molecule has 5 aromatic rings. The van der Waals surface area contributed by atoms with Crippen molar-refractivity contribution in [2.75, 3.05) is 13.1 Å². The lowest BCUT2D eigenvalue weighted by atomic mass is 9.94. The molecule has 4 aromatic carbocycles. The lowest BCUT2D eigenvalue weighted by Gasteiger charge is -2.43. The average Bonchev–Trinajstić information content (AvgIpc) is 3.23. The van der Waals surface area contributed by atoms with Gasteiger partial charge < -0.3 is 9.47 Å². The molecule has 1 aliphatic rings. The molecule has 1 amide bonds. The molecule has 0 atom stereocenters. The zero-order chi connectivity index (χ0) is 44.3. The van der Waals surface area contributed by atoms with Crippen LogP contribution in [0.4, 0.5) is 35.1 Å². The van der Waals surface area contributed by atoms with Crippen LogP contribution in [0.1, 0.15) is 49.2 Å². The van der Waals surface area contributed by atoms with Gasteiger partial charge in [0.25, 0.3) is 5.56 Å². The van der Waals surface area contributed by atoms with Gasteiger partial charge in [-0.05, 0) is 79.6 Å². The molecule has 1 saturated heterocycles. The maximum absolute atomic E-state index is 14.7. The number of amides is 1. The first-order valence-electron chi connectivity index (χ1n) is 19.0. The Bertz CT molecular complexity index is 2480. The van der Waals surface area contributed by atoms with Crippen LogP contribution in [0.25, 0.3) is 22.0 Å². The fraction of sp³-hybridized carbons (Fsp3) is 0.326. The van der Waals surface area contributed by atoms with Gasteiger partial charge in [-0.25, -0.2) is 28.1 Å². The number of likely N-dealkylation sites (tertiary alicyclic amines) is 1. The van der Waals surface area contributed by atoms with Crippen molar-refractivity contribution in [2.24, 2.45) is 0 Å². The molecule has 10 nitrogen and oxygen atoms in total. The van der Waals surface area contributed by atoms with Gasteiger partial charge in [0.2, 0.25) is 5.91 Å². The molecule has 0 saturated carbocycles. The Kier molecular flexibility index (Phi) is 13.0. The van der Waals surface area contributed by atoms with Crippen LogP contribution in [-0.4, -0.2) is 68.0 Å². The number of nitrogens with zero attached hydrogens (tertiary/aromatic N) is 4. The summed E-state index contributed by atoms with van der Waals surface area (Å²) in [7, 11) is 0. The Balaban J connectivity index is 1.33. The molecule has 0 aliphatic carbocycles. The van der Waals surface area contributed by atoms with E-state index in [9.17, 15) is 54.3 Å². The maximum atomic E-state index is 14.7. The fourth-order valence-electron chi connectivity index (χ4n) is 7.35. The second-order valence-electron chi connectivity index (χ2n) is 14.9. The first-order valence-corrected chi connectivity index (χ1v) is 19.0. The van der Waals surface area contributed by atoms with E-state index in [4.69, 9.17) is 0 Å². The fourth-order valence-corrected chi connectivity index (χ4v) is 7.35. The quantitative estimate of drug-likeness (QED) is 0.0748. The predicted octanol–water partition coefficient (Wildman–Crippen LogP) is 7.98. The van der Waals surface area contributed by atoms with E-state index in [0.29, 0.717) is 11.1 Å². The van der Waals surface area contributed by atoms with Gasteiger partial charge in [0, 0.05) is 32.1 Å². The number of hydrogen-bond acceptors (Lipinski definition) is 8. The van der Waals surface area contributed by atoms with E-state index < -0.39 is 71.1 Å². The number of alkyl halides is 6. The number of halogens is 8. The molecule has 0 radical (unpaired) electrons. The first-order chi connectivity index (χ1) is 28.8. The molecule has 0 spiro atoms. The van der Waals surface area contributed by atoms with Crippen molar-refractivity contribution in [1.29, 1.82) is 0 Å². The zero-order valence-electron chi connectivity index (χ0n) is 32.7. The van der Waals surface area contributed by atoms with Gasteiger partial charge in [0.1, 0.15) is 17.9 Å². The van der Waals surface area contributed by atoms with Crippen LogP contribution in [0.15, 0.2) is 95.8 Å². The molecular weight excluding hydrogens is 820 g/mol. The van der Waals surface area contributed by atoms with Crippen LogP contribution < -0.4 is 5.56 Å². The molecule has 322 valence electrons. The third-order valence-electron chi connectivity index (χ3n) is 10.7. The van der Waals surface area contributed by atoms with Crippen molar-refractivity contribution in [1.82, 2.24) is 19.4 Å². The third-order valence-corrected chi connectivity index (χ3v) is 10.7. The number of aromatic nitrogens is 2. The molecular formula is C43H38F8N4O6. The van der Waals surface area contributed by atoms with Gasteiger partial charge in [-0.2, -0.15) is 31.3 Å². The molecule has 6 rings (SSSR count). The van der Waals surface area contributed by atoms with Crippen LogP contribution >= 0.6 is 0 Å². The Labute approximate surface area is 343 Å². The molecule has 0 unspecified atom stereocenters. The molecule has 1 aromatic heterocycles. The van der Waals surface area contributed by atoms with Gasteiger partial charge in [0.05, 0.1) is 16.5 Å². The van der Waals surface area contributed by atoms with Crippen molar-refractivity contribution < 1.29 is 59.3 Å². The second-order valence-corrected chi connectivity index (χ2v) is 14.9. The predicted molar refractivity (Wildman–Crippen MR) is 204 cm³/mol. The summed E-state index contributed by atoms with van der Waals surface area (Å²) in [6.45, 7) is 1.94. The van der Waals surface area contributed by atoms with Crippen molar-refractivity contribution in [2.45, 2.75) is 76.6 Å². The highest BCUT2D eigenvalue weighted by molar-refractivity contribution is 5.83. The lowest BCUT2D eigenvalue weighted by Crippen LogP contribution is -2.57. The summed E-state index contributed by atoms with van der Waals surface area (Å²) in [5.74, 6) is -6.74. The number of aryl methyl sites for hydroxylation is 2. The van der Waals surface area contributed by atoms with Crippen LogP contribution in [-0.2, 0) is 56.3 Å². The van der Waals surface area contributed by atoms with Crippen LogP contribution in [0.3, 0.4) is 0 Å². The number of carbonyl (C=O) groups excluding carboxylic acids is 3. The Hall–Kier alpha value is -6.17. The SMILES string of the molecule is CC(C)(C(=O)OOC(=O)C(F)(F)F)N1CCC(N(Cc2ccc(-c3ccccc3)c(C(F)(F)F)c2)C(=O)Cn2c(CCc3cccc(F)c3F)nc(=O)c3ccccc32)CC1. The maximum Gasteiger partial charge on any atom is 0.495 e. The smallest absolute Gasteiger partial charge is 0.334 e. The summed E-state index contributed by atoms with van der Waals surface area (Å²) in [6.07, 6.45) is -10.2. The topological polar surface area (TPSA) is 111 Å². The van der Waals surface area contributed by atoms with E-state index >= 15 is 0 Å². The minimum Gasteiger partial charge on any atom is -0.334 e.